The van der Waals surface area contributed by atoms with Crippen molar-refractivity contribution in [3.05, 3.63) is 29.8 Å². The normalized spacial score (nSPS) is 15.2. The number of rotatable bonds is 7. The molecule has 1 saturated heterocycles. The second-order valence-corrected chi connectivity index (χ2v) is 6.79. The summed E-state index contributed by atoms with van der Waals surface area (Å²) in [6, 6.07) is 7.12. The average Bonchev–Trinajstić information content (AvgIpc) is 2.65. The number of likely N-dealkylation sites (tertiary alicyclic amines) is 1. The Morgan fingerprint density at radius 1 is 1.15 bits per heavy atom. The molecule has 0 radical (unpaired) electrons. The first kappa shape index (κ1) is 20.7. The Balaban J connectivity index is 1.87. The van der Waals surface area contributed by atoms with Crippen molar-refractivity contribution in [3.63, 3.8) is 0 Å². The minimum atomic E-state index is -0.176. The molecule has 2 N–H and O–H groups in total. The first-order valence-corrected chi connectivity index (χ1v) is 9.67. The predicted octanol–water partition coefficient (Wildman–Crippen LogP) is 2.75. The van der Waals surface area contributed by atoms with Crippen molar-refractivity contribution in [2.45, 2.75) is 46.1 Å². The lowest BCUT2D eigenvalue weighted by atomic mass is 10.1. The summed E-state index contributed by atoms with van der Waals surface area (Å²) >= 11 is 0. The first-order valence-electron chi connectivity index (χ1n) is 9.67. The zero-order valence-corrected chi connectivity index (χ0v) is 16.5. The van der Waals surface area contributed by atoms with Crippen molar-refractivity contribution in [1.29, 1.82) is 0 Å². The van der Waals surface area contributed by atoms with Crippen LogP contribution in [0.15, 0.2) is 24.3 Å². The molecule has 0 aromatic heterocycles. The molecule has 27 heavy (non-hydrogen) atoms. The van der Waals surface area contributed by atoms with Crippen LogP contribution in [0, 0.1) is 0 Å². The highest BCUT2D eigenvalue weighted by molar-refractivity contribution is 5.89. The summed E-state index contributed by atoms with van der Waals surface area (Å²) in [7, 11) is 0. The van der Waals surface area contributed by atoms with Crippen LogP contribution >= 0.6 is 0 Å². The van der Waals surface area contributed by atoms with Gasteiger partial charge < -0.3 is 20.4 Å². The fourth-order valence-electron chi connectivity index (χ4n) is 3.14. The van der Waals surface area contributed by atoms with Gasteiger partial charge in [-0.25, -0.2) is 4.79 Å². The van der Waals surface area contributed by atoms with Crippen LogP contribution in [0.25, 0.3) is 0 Å². The number of carbonyl (C=O) groups excluding carboxylic acids is 3. The van der Waals surface area contributed by atoms with Crippen molar-refractivity contribution in [3.8, 4) is 0 Å². The highest BCUT2D eigenvalue weighted by atomic mass is 16.2. The van der Waals surface area contributed by atoms with E-state index in [2.05, 4.69) is 10.6 Å². The van der Waals surface area contributed by atoms with Crippen molar-refractivity contribution < 1.29 is 14.4 Å². The molecule has 4 amide bonds. The van der Waals surface area contributed by atoms with E-state index in [1.54, 1.807) is 9.80 Å². The number of anilines is 1. The van der Waals surface area contributed by atoms with Gasteiger partial charge in [0.05, 0.1) is 12.6 Å². The number of carbonyl (C=O) groups is 3. The summed E-state index contributed by atoms with van der Waals surface area (Å²) < 4.78 is 0. The molecule has 1 heterocycles. The predicted molar refractivity (Wildman–Crippen MR) is 105 cm³/mol. The van der Waals surface area contributed by atoms with Gasteiger partial charge in [0, 0.05) is 31.7 Å². The number of benzene rings is 1. The molecule has 1 atom stereocenters. The fourth-order valence-corrected chi connectivity index (χ4v) is 3.14. The number of nitrogens with one attached hydrogen (secondary N) is 2. The summed E-state index contributed by atoms with van der Waals surface area (Å²) in [5.74, 6) is -0.103. The fraction of sp³-hybridized carbons (Fsp3) is 0.550. The summed E-state index contributed by atoms with van der Waals surface area (Å²) in [4.78, 5) is 39.4. The number of nitrogens with zero attached hydrogens (tertiary/aromatic N) is 2. The van der Waals surface area contributed by atoms with Gasteiger partial charge in [0.15, 0.2) is 0 Å². The lowest BCUT2D eigenvalue weighted by Crippen LogP contribution is -2.43. The van der Waals surface area contributed by atoms with E-state index in [4.69, 9.17) is 0 Å². The Labute approximate surface area is 161 Å². The van der Waals surface area contributed by atoms with Gasteiger partial charge in [-0.2, -0.15) is 0 Å². The van der Waals surface area contributed by atoms with E-state index in [9.17, 15) is 14.4 Å². The van der Waals surface area contributed by atoms with Crippen LogP contribution in [0.4, 0.5) is 10.5 Å². The molecular weight excluding hydrogens is 344 g/mol. The molecule has 0 saturated carbocycles. The monoisotopic (exact) mass is 374 g/mol. The molecule has 1 aliphatic rings. The Bertz CT molecular complexity index is 656. The van der Waals surface area contributed by atoms with Crippen molar-refractivity contribution >= 4 is 23.5 Å². The van der Waals surface area contributed by atoms with Gasteiger partial charge in [0.25, 0.3) is 0 Å². The maximum Gasteiger partial charge on any atom is 0.321 e. The lowest BCUT2D eigenvalue weighted by Gasteiger charge is -2.26. The quantitative estimate of drug-likeness (QED) is 0.770. The Hall–Kier alpha value is -2.57. The molecule has 0 aliphatic carbocycles. The van der Waals surface area contributed by atoms with Gasteiger partial charge in [0.2, 0.25) is 11.8 Å². The smallest absolute Gasteiger partial charge is 0.321 e. The van der Waals surface area contributed by atoms with Crippen LogP contribution in [-0.2, 0) is 9.59 Å². The third-order valence-electron chi connectivity index (χ3n) is 4.85. The van der Waals surface area contributed by atoms with Crippen LogP contribution < -0.4 is 10.6 Å². The average molecular weight is 374 g/mol. The molecule has 0 spiro atoms. The van der Waals surface area contributed by atoms with Crippen LogP contribution in [0.2, 0.25) is 0 Å². The Kier molecular flexibility index (Phi) is 7.64. The number of piperidine rings is 1. The molecule has 1 fully saturated rings. The molecule has 1 aromatic rings. The lowest BCUT2D eigenvalue weighted by molar-refractivity contribution is -0.138. The SMILES string of the molecule is CCN(CC)C(=O)Nc1ccc(C(C)NC(=O)CN2CCCCC2=O)cc1. The molecular formula is C20H30N4O3. The van der Waals surface area contributed by atoms with Crippen LogP contribution in [-0.4, -0.2) is 53.8 Å². The van der Waals surface area contributed by atoms with Crippen LogP contribution in [0.3, 0.4) is 0 Å². The molecule has 1 aromatic carbocycles. The molecule has 1 unspecified atom stereocenters. The summed E-state index contributed by atoms with van der Waals surface area (Å²) in [5.41, 5.74) is 1.65. The van der Waals surface area contributed by atoms with E-state index in [1.165, 1.54) is 0 Å². The minimum absolute atomic E-state index is 0.0531. The Morgan fingerprint density at radius 3 is 2.41 bits per heavy atom. The second-order valence-electron chi connectivity index (χ2n) is 6.79. The summed E-state index contributed by atoms with van der Waals surface area (Å²) in [6.45, 7) is 7.86. The van der Waals surface area contributed by atoms with Crippen molar-refractivity contribution in [2.24, 2.45) is 0 Å². The maximum atomic E-state index is 12.2. The minimum Gasteiger partial charge on any atom is -0.348 e. The molecule has 7 nitrogen and oxygen atoms in total. The topological polar surface area (TPSA) is 81.8 Å². The highest BCUT2D eigenvalue weighted by Gasteiger charge is 2.21. The van der Waals surface area contributed by atoms with Gasteiger partial charge >= 0.3 is 6.03 Å². The van der Waals surface area contributed by atoms with Gasteiger partial charge in [0.1, 0.15) is 0 Å². The molecule has 2 rings (SSSR count). The first-order chi connectivity index (χ1) is 12.9. The number of hydrogen-bond acceptors (Lipinski definition) is 3. The van der Waals surface area contributed by atoms with E-state index in [-0.39, 0.29) is 30.4 Å². The molecule has 148 valence electrons. The van der Waals surface area contributed by atoms with Crippen molar-refractivity contribution in [1.82, 2.24) is 15.1 Å². The van der Waals surface area contributed by atoms with E-state index in [0.29, 0.717) is 31.7 Å². The molecule has 7 heteroatoms. The van der Waals surface area contributed by atoms with Gasteiger partial charge in [-0.15, -0.1) is 0 Å². The van der Waals surface area contributed by atoms with E-state index >= 15 is 0 Å². The van der Waals surface area contributed by atoms with E-state index in [0.717, 1.165) is 18.4 Å². The van der Waals surface area contributed by atoms with Crippen LogP contribution in [0.5, 0.6) is 0 Å². The van der Waals surface area contributed by atoms with E-state index in [1.807, 2.05) is 45.0 Å². The van der Waals surface area contributed by atoms with Gasteiger partial charge in [-0.3, -0.25) is 9.59 Å². The zero-order valence-electron chi connectivity index (χ0n) is 16.5. The largest absolute Gasteiger partial charge is 0.348 e. The van der Waals surface area contributed by atoms with Crippen LogP contribution in [0.1, 0.15) is 51.6 Å². The van der Waals surface area contributed by atoms with Gasteiger partial charge in [-0.05, 0) is 51.3 Å². The number of urea groups is 1. The van der Waals surface area contributed by atoms with Crippen molar-refractivity contribution in [2.75, 3.05) is 31.5 Å². The third kappa shape index (κ3) is 5.98. The number of amides is 4. The zero-order chi connectivity index (χ0) is 19.8. The third-order valence-corrected chi connectivity index (χ3v) is 4.85. The second kappa shape index (κ2) is 9.94. The standard InChI is InChI=1S/C20H30N4O3/c1-4-23(5-2)20(27)22-17-11-9-16(10-12-17)15(3)21-18(25)14-24-13-7-6-8-19(24)26/h9-12,15H,4-8,13-14H2,1-3H3,(H,21,25)(H,22,27). The highest BCUT2D eigenvalue weighted by Crippen LogP contribution is 2.17. The maximum absolute atomic E-state index is 12.2. The molecule has 1 aliphatic heterocycles. The number of hydrogen-bond donors (Lipinski definition) is 2. The molecule has 0 bridgehead atoms. The summed E-state index contributed by atoms with van der Waals surface area (Å²) in [5, 5.41) is 5.80. The Morgan fingerprint density at radius 2 is 1.81 bits per heavy atom. The summed E-state index contributed by atoms with van der Waals surface area (Å²) in [6.07, 6.45) is 2.39. The van der Waals surface area contributed by atoms with E-state index < -0.39 is 0 Å². The van der Waals surface area contributed by atoms with Gasteiger partial charge in [-0.1, -0.05) is 12.1 Å².